The van der Waals surface area contributed by atoms with Crippen LogP contribution in [0.25, 0.3) is 10.9 Å². The molecule has 26 heavy (non-hydrogen) atoms. The Morgan fingerprint density at radius 1 is 1.27 bits per heavy atom. The number of aryl methyl sites for hydroxylation is 1. The number of hydrogen-bond acceptors (Lipinski definition) is 4. The van der Waals surface area contributed by atoms with E-state index in [0.29, 0.717) is 0 Å². The molecule has 0 bridgehead atoms. The number of hydrogen-bond donors (Lipinski definition) is 2. The van der Waals surface area contributed by atoms with E-state index in [-0.39, 0.29) is 33.0 Å². The van der Waals surface area contributed by atoms with Gasteiger partial charge >= 0.3 is 0 Å². The Morgan fingerprint density at radius 2 is 2.00 bits per heavy atom. The molecule has 11 heteroatoms. The van der Waals surface area contributed by atoms with Crippen molar-refractivity contribution < 1.29 is 26.0 Å². The van der Waals surface area contributed by atoms with Crippen molar-refractivity contribution in [3.8, 4) is 0 Å². The van der Waals surface area contributed by atoms with Crippen LogP contribution in [0.5, 0.6) is 0 Å². The molecule has 3 aromatic rings. The summed E-state index contributed by atoms with van der Waals surface area (Å²) in [5.74, 6) is -2.64. The number of aromatic amines is 1. The minimum Gasteiger partial charge on any atom is -0.357 e. The number of benzene rings is 1. The fourth-order valence-electron chi connectivity index (χ4n) is 2.42. The van der Waals surface area contributed by atoms with Crippen molar-refractivity contribution in [3.63, 3.8) is 0 Å². The number of rotatable bonds is 5. The summed E-state index contributed by atoms with van der Waals surface area (Å²) in [5.41, 5.74) is 0.0902. The number of anilines is 1. The molecule has 2 aromatic heterocycles. The predicted molar refractivity (Wildman–Crippen MR) is 85.5 cm³/mol. The summed E-state index contributed by atoms with van der Waals surface area (Å²) < 4.78 is 78.9. The highest BCUT2D eigenvalue weighted by Crippen LogP contribution is 2.27. The molecular formula is C15H12F4N4O2S. The van der Waals surface area contributed by atoms with Gasteiger partial charge in [-0.25, -0.2) is 40.7 Å². The molecule has 2 heterocycles. The smallest absolute Gasteiger partial charge is 0.266 e. The molecule has 0 fully saturated rings. The third-order valence-corrected chi connectivity index (χ3v) is 5.05. The second-order valence-corrected chi connectivity index (χ2v) is 7.09. The van der Waals surface area contributed by atoms with Crippen LogP contribution >= 0.6 is 0 Å². The summed E-state index contributed by atoms with van der Waals surface area (Å²) in [6, 6.07) is 1.93. The summed E-state index contributed by atoms with van der Waals surface area (Å²) in [6.07, 6.45) is -1.02. The summed E-state index contributed by atoms with van der Waals surface area (Å²) >= 11 is 0. The van der Waals surface area contributed by atoms with Gasteiger partial charge in [0.2, 0.25) is 12.4 Å². The number of sulfonamides is 1. The Morgan fingerprint density at radius 3 is 2.65 bits per heavy atom. The zero-order valence-corrected chi connectivity index (χ0v) is 14.0. The first-order chi connectivity index (χ1) is 12.2. The lowest BCUT2D eigenvalue weighted by Crippen LogP contribution is -2.16. The summed E-state index contributed by atoms with van der Waals surface area (Å²) in [5, 5.41) is -0.0533. The number of alkyl halides is 2. The Kier molecular flexibility index (Phi) is 4.57. The molecule has 6 nitrogen and oxygen atoms in total. The first-order valence-corrected chi connectivity index (χ1v) is 8.76. The van der Waals surface area contributed by atoms with E-state index in [9.17, 15) is 26.0 Å². The van der Waals surface area contributed by atoms with Crippen molar-refractivity contribution in [2.45, 2.75) is 24.7 Å². The zero-order chi connectivity index (χ0) is 19.1. The predicted octanol–water partition coefficient (Wildman–Crippen LogP) is 3.15. The minimum absolute atomic E-state index is 0.0533. The fraction of sp³-hybridized carbons (Fsp3) is 0.200. The third-order valence-electron chi connectivity index (χ3n) is 3.68. The average Bonchev–Trinajstić information content (AvgIpc) is 2.98. The van der Waals surface area contributed by atoms with Crippen molar-refractivity contribution in [3.05, 3.63) is 47.4 Å². The van der Waals surface area contributed by atoms with E-state index in [1.807, 2.05) is 0 Å². The van der Waals surface area contributed by atoms with E-state index in [1.54, 1.807) is 0 Å². The van der Waals surface area contributed by atoms with E-state index in [1.165, 1.54) is 6.92 Å². The minimum atomic E-state index is -4.22. The molecule has 1 aromatic carbocycles. The maximum Gasteiger partial charge on any atom is 0.266 e. The van der Waals surface area contributed by atoms with E-state index in [4.69, 9.17) is 0 Å². The van der Waals surface area contributed by atoms with Crippen LogP contribution in [-0.4, -0.2) is 29.8 Å². The van der Waals surface area contributed by atoms with Crippen molar-refractivity contribution >= 4 is 26.9 Å². The zero-order valence-electron chi connectivity index (χ0n) is 13.2. The quantitative estimate of drug-likeness (QED) is 0.658. The highest BCUT2D eigenvalue weighted by molar-refractivity contribution is 7.93. The molecule has 0 aliphatic rings. The first kappa shape index (κ1) is 18.1. The maximum absolute atomic E-state index is 13.7. The van der Waals surface area contributed by atoms with Gasteiger partial charge in [0.15, 0.2) is 11.6 Å². The number of nitrogens with one attached hydrogen (secondary N) is 2. The largest absolute Gasteiger partial charge is 0.357 e. The van der Waals surface area contributed by atoms with Crippen LogP contribution in [0.15, 0.2) is 29.4 Å². The lowest BCUT2D eigenvalue weighted by atomic mass is 10.2. The van der Waals surface area contributed by atoms with Crippen LogP contribution in [0.1, 0.15) is 11.3 Å². The molecule has 0 aliphatic heterocycles. The fourth-order valence-corrected chi connectivity index (χ4v) is 3.54. The van der Waals surface area contributed by atoms with E-state index < -0.39 is 34.5 Å². The van der Waals surface area contributed by atoms with Gasteiger partial charge in [-0.1, -0.05) is 0 Å². The van der Waals surface area contributed by atoms with Gasteiger partial charge in [-0.2, -0.15) is 0 Å². The van der Waals surface area contributed by atoms with Crippen molar-refractivity contribution in [2.24, 2.45) is 0 Å². The van der Waals surface area contributed by atoms with Crippen molar-refractivity contribution in [1.29, 1.82) is 0 Å². The van der Waals surface area contributed by atoms with Crippen LogP contribution in [0.3, 0.4) is 0 Å². The highest BCUT2D eigenvalue weighted by Gasteiger charge is 2.23. The SMILES string of the molecule is Cc1nc(NS(=O)(=O)c2c[nH]c3c(F)c(F)ccc23)ncc1CC(F)F. The van der Waals surface area contributed by atoms with Gasteiger partial charge in [-0.05, 0) is 24.6 Å². The van der Waals surface area contributed by atoms with E-state index >= 15 is 0 Å². The highest BCUT2D eigenvalue weighted by atomic mass is 32.2. The normalized spacial score (nSPS) is 12.1. The summed E-state index contributed by atoms with van der Waals surface area (Å²) in [6.45, 7) is 1.45. The van der Waals surface area contributed by atoms with E-state index in [2.05, 4.69) is 19.7 Å². The number of H-pyrrole nitrogens is 1. The number of aromatic nitrogens is 3. The van der Waals surface area contributed by atoms with Gasteiger partial charge in [0.05, 0.1) is 5.52 Å². The molecule has 0 spiro atoms. The van der Waals surface area contributed by atoms with Gasteiger partial charge in [0, 0.05) is 29.9 Å². The molecule has 138 valence electrons. The molecule has 0 unspecified atom stereocenters. The Labute approximate surface area is 145 Å². The molecule has 0 saturated heterocycles. The van der Waals surface area contributed by atoms with Gasteiger partial charge in [-0.3, -0.25) is 0 Å². The molecule has 0 saturated carbocycles. The Balaban J connectivity index is 1.95. The third kappa shape index (κ3) is 3.34. The number of fused-ring (bicyclic) bond motifs is 1. The van der Waals surface area contributed by atoms with Crippen LogP contribution in [0.4, 0.5) is 23.5 Å². The van der Waals surface area contributed by atoms with Gasteiger partial charge in [0.1, 0.15) is 4.90 Å². The average molecular weight is 388 g/mol. The van der Waals surface area contributed by atoms with Gasteiger partial charge in [0.25, 0.3) is 10.0 Å². The molecular weight excluding hydrogens is 376 g/mol. The van der Waals surface area contributed by atoms with Crippen molar-refractivity contribution in [1.82, 2.24) is 15.0 Å². The lowest BCUT2D eigenvalue weighted by molar-refractivity contribution is 0.148. The standard InChI is InChI=1S/C15H12F4N4O2S/c1-7-8(4-12(17)18)5-21-15(22-7)23-26(24,25)11-6-20-14-9(11)2-3-10(16)13(14)19/h2-3,5-6,12,20H,4H2,1H3,(H,21,22,23). The second kappa shape index (κ2) is 6.56. The van der Waals surface area contributed by atoms with Crippen LogP contribution < -0.4 is 4.72 Å². The van der Waals surface area contributed by atoms with Gasteiger partial charge < -0.3 is 4.98 Å². The van der Waals surface area contributed by atoms with Crippen LogP contribution in [0.2, 0.25) is 0 Å². The van der Waals surface area contributed by atoms with Crippen molar-refractivity contribution in [2.75, 3.05) is 4.72 Å². The number of halogens is 4. The maximum atomic E-state index is 13.7. The van der Waals surface area contributed by atoms with E-state index in [0.717, 1.165) is 24.5 Å². The summed E-state index contributed by atoms with van der Waals surface area (Å²) in [7, 11) is -4.22. The molecule has 0 amide bonds. The second-order valence-electron chi connectivity index (χ2n) is 5.44. The first-order valence-electron chi connectivity index (χ1n) is 7.27. The molecule has 0 radical (unpaired) electrons. The molecule has 0 atom stereocenters. The summed E-state index contributed by atoms with van der Waals surface area (Å²) in [4.78, 5) is 9.62. The van der Waals surface area contributed by atoms with Gasteiger partial charge in [-0.15, -0.1) is 0 Å². The topological polar surface area (TPSA) is 87.7 Å². The van der Waals surface area contributed by atoms with Crippen LogP contribution in [-0.2, 0) is 16.4 Å². The monoisotopic (exact) mass is 388 g/mol. The number of nitrogens with zero attached hydrogens (tertiary/aromatic N) is 2. The molecule has 0 aliphatic carbocycles. The lowest BCUT2D eigenvalue weighted by Gasteiger charge is -2.09. The Hall–Kier alpha value is -2.69. The molecule has 3 rings (SSSR count). The Bertz CT molecular complexity index is 1080. The van der Waals surface area contributed by atoms with Crippen LogP contribution in [0, 0.1) is 18.6 Å². The molecule has 2 N–H and O–H groups in total.